The summed E-state index contributed by atoms with van der Waals surface area (Å²) in [7, 11) is 0. The van der Waals surface area contributed by atoms with E-state index in [1.165, 1.54) is 10.7 Å². The number of halogens is 4. The third-order valence-electron chi connectivity index (χ3n) is 3.93. The highest BCUT2D eigenvalue weighted by Crippen LogP contribution is 2.35. The molecule has 0 N–H and O–H groups in total. The lowest BCUT2D eigenvalue weighted by Gasteiger charge is -2.10. The van der Waals surface area contributed by atoms with Crippen LogP contribution in [0.2, 0.25) is 0 Å². The molecule has 0 atom stereocenters. The molecular weight excluding hydrogens is 369 g/mol. The summed E-state index contributed by atoms with van der Waals surface area (Å²) in [5.74, 6) is 0. The van der Waals surface area contributed by atoms with Gasteiger partial charge in [-0.25, -0.2) is 0 Å². The van der Waals surface area contributed by atoms with E-state index in [-0.39, 0.29) is 5.39 Å². The minimum Gasteiger partial charge on any atom is -0.260 e. The Morgan fingerprint density at radius 2 is 1.74 bits per heavy atom. The molecule has 120 valence electrons. The van der Waals surface area contributed by atoms with Crippen LogP contribution < -0.4 is 0 Å². The number of nitrogens with zero attached hydrogens (tertiary/aromatic N) is 2. The maximum absolute atomic E-state index is 13.2. The fraction of sp³-hybridized carbons (Fsp3) is 0.235. The molecule has 0 saturated heterocycles. The molecule has 0 aliphatic heterocycles. The molecule has 3 rings (SSSR count). The number of aryl methyl sites for hydroxylation is 2. The zero-order valence-corrected chi connectivity index (χ0v) is 14.2. The fourth-order valence-corrected chi connectivity index (χ4v) is 3.07. The second-order valence-corrected chi connectivity index (χ2v) is 6.45. The number of hydrogen-bond acceptors (Lipinski definition) is 1. The predicted octanol–water partition coefficient (Wildman–Crippen LogP) is 5.48. The summed E-state index contributed by atoms with van der Waals surface area (Å²) in [5, 5.41) is 3.97. The Labute approximate surface area is 140 Å². The molecule has 0 amide bonds. The first-order valence-electron chi connectivity index (χ1n) is 7.05. The van der Waals surface area contributed by atoms with Crippen molar-refractivity contribution < 1.29 is 13.2 Å². The number of aromatic nitrogens is 2. The van der Waals surface area contributed by atoms with Gasteiger partial charge in [-0.1, -0.05) is 34.1 Å². The first-order valence-corrected chi connectivity index (χ1v) is 7.85. The number of fused-ring (bicyclic) bond motifs is 1. The smallest absolute Gasteiger partial charge is 0.260 e. The normalized spacial score (nSPS) is 12.1. The molecule has 2 aromatic carbocycles. The monoisotopic (exact) mass is 382 g/mol. The van der Waals surface area contributed by atoms with Crippen LogP contribution in [0.1, 0.15) is 22.4 Å². The van der Waals surface area contributed by atoms with Crippen molar-refractivity contribution in [2.24, 2.45) is 0 Å². The summed E-state index contributed by atoms with van der Waals surface area (Å²) in [6, 6.07) is 10.6. The molecular formula is C17H14BrF3N2. The van der Waals surface area contributed by atoms with E-state index in [0.717, 1.165) is 21.2 Å². The Bertz CT molecular complexity index is 861. The molecule has 0 radical (unpaired) electrons. The summed E-state index contributed by atoms with van der Waals surface area (Å²) in [6.45, 7) is 4.21. The lowest BCUT2D eigenvalue weighted by atomic mass is 10.0. The Kier molecular flexibility index (Phi) is 3.96. The highest BCUT2D eigenvalue weighted by molar-refractivity contribution is 9.10. The number of hydrogen-bond donors (Lipinski definition) is 0. The Morgan fingerprint density at radius 1 is 1.09 bits per heavy atom. The minimum atomic E-state index is -4.47. The van der Waals surface area contributed by atoms with E-state index in [1.807, 2.05) is 32.0 Å². The first-order chi connectivity index (χ1) is 10.8. The average molecular weight is 383 g/mol. The molecule has 3 aromatic rings. The number of benzene rings is 2. The Balaban J connectivity index is 2.20. The zero-order valence-electron chi connectivity index (χ0n) is 12.6. The van der Waals surface area contributed by atoms with E-state index >= 15 is 0 Å². The Morgan fingerprint density at radius 3 is 2.35 bits per heavy atom. The molecule has 0 fully saturated rings. The van der Waals surface area contributed by atoms with Gasteiger partial charge in [0.05, 0.1) is 12.1 Å². The second kappa shape index (κ2) is 5.67. The SMILES string of the molecule is Cc1cccc(C)c1Cn1nc(C(F)(F)F)c2ccc(Br)cc21. The Hall–Kier alpha value is -1.82. The van der Waals surface area contributed by atoms with Gasteiger partial charge in [0.25, 0.3) is 0 Å². The van der Waals surface area contributed by atoms with Crippen LogP contribution in [0.5, 0.6) is 0 Å². The summed E-state index contributed by atoms with van der Waals surface area (Å²) in [6.07, 6.45) is -4.47. The molecule has 0 unspecified atom stereocenters. The van der Waals surface area contributed by atoms with Crippen LogP contribution in [0.3, 0.4) is 0 Å². The quantitative estimate of drug-likeness (QED) is 0.573. The van der Waals surface area contributed by atoms with Crippen LogP contribution >= 0.6 is 15.9 Å². The molecule has 0 aliphatic rings. The van der Waals surface area contributed by atoms with Crippen molar-refractivity contribution in [2.75, 3.05) is 0 Å². The summed E-state index contributed by atoms with van der Waals surface area (Å²) >= 11 is 3.32. The third-order valence-corrected chi connectivity index (χ3v) is 4.43. The van der Waals surface area contributed by atoms with Crippen molar-refractivity contribution in [1.29, 1.82) is 0 Å². The molecule has 2 nitrogen and oxygen atoms in total. The van der Waals surface area contributed by atoms with Gasteiger partial charge in [-0.15, -0.1) is 0 Å². The van der Waals surface area contributed by atoms with Gasteiger partial charge >= 0.3 is 6.18 Å². The molecule has 0 saturated carbocycles. The van der Waals surface area contributed by atoms with Gasteiger partial charge in [-0.3, -0.25) is 4.68 Å². The molecule has 1 aromatic heterocycles. The topological polar surface area (TPSA) is 17.8 Å². The van der Waals surface area contributed by atoms with Crippen molar-refractivity contribution in [2.45, 2.75) is 26.6 Å². The van der Waals surface area contributed by atoms with Crippen molar-refractivity contribution in [3.63, 3.8) is 0 Å². The van der Waals surface area contributed by atoms with E-state index in [0.29, 0.717) is 12.1 Å². The van der Waals surface area contributed by atoms with Crippen molar-refractivity contribution >= 4 is 26.8 Å². The van der Waals surface area contributed by atoms with Crippen LogP contribution in [-0.4, -0.2) is 9.78 Å². The van der Waals surface area contributed by atoms with E-state index in [4.69, 9.17) is 0 Å². The predicted molar refractivity (Wildman–Crippen MR) is 87.5 cm³/mol. The van der Waals surface area contributed by atoms with Crippen molar-refractivity contribution in [3.8, 4) is 0 Å². The van der Waals surface area contributed by atoms with Crippen LogP contribution in [0.25, 0.3) is 10.9 Å². The fourth-order valence-electron chi connectivity index (χ4n) is 2.73. The van der Waals surface area contributed by atoms with Gasteiger partial charge < -0.3 is 0 Å². The number of alkyl halides is 3. The average Bonchev–Trinajstić information content (AvgIpc) is 2.81. The van der Waals surface area contributed by atoms with E-state index in [2.05, 4.69) is 21.0 Å². The lowest BCUT2D eigenvalue weighted by molar-refractivity contribution is -0.140. The maximum Gasteiger partial charge on any atom is 0.435 e. The lowest BCUT2D eigenvalue weighted by Crippen LogP contribution is -2.10. The largest absolute Gasteiger partial charge is 0.435 e. The van der Waals surface area contributed by atoms with Crippen LogP contribution in [0.15, 0.2) is 40.9 Å². The van der Waals surface area contributed by atoms with E-state index < -0.39 is 11.9 Å². The minimum absolute atomic E-state index is 0.118. The summed E-state index contributed by atoms with van der Waals surface area (Å²) in [5.41, 5.74) is 2.70. The van der Waals surface area contributed by atoms with Crippen LogP contribution in [0, 0.1) is 13.8 Å². The highest BCUT2D eigenvalue weighted by Gasteiger charge is 2.36. The molecule has 1 heterocycles. The number of rotatable bonds is 2. The molecule has 23 heavy (non-hydrogen) atoms. The molecule has 0 spiro atoms. The second-order valence-electron chi connectivity index (χ2n) is 5.54. The van der Waals surface area contributed by atoms with Gasteiger partial charge in [0, 0.05) is 9.86 Å². The van der Waals surface area contributed by atoms with Crippen molar-refractivity contribution in [3.05, 3.63) is 63.3 Å². The molecule has 0 bridgehead atoms. The van der Waals surface area contributed by atoms with Gasteiger partial charge in [0.2, 0.25) is 0 Å². The first kappa shape index (κ1) is 16.1. The zero-order chi connectivity index (χ0) is 16.8. The standard InChI is InChI=1S/C17H14BrF3N2/c1-10-4-3-5-11(2)14(10)9-23-15-8-12(18)6-7-13(15)16(22-23)17(19,20)21/h3-8H,9H2,1-2H3. The summed E-state index contributed by atoms with van der Waals surface area (Å²) < 4.78 is 41.9. The molecule has 6 heteroatoms. The van der Waals surface area contributed by atoms with Gasteiger partial charge in [-0.05, 0) is 48.7 Å². The molecule has 0 aliphatic carbocycles. The van der Waals surface area contributed by atoms with Gasteiger partial charge in [0.15, 0.2) is 5.69 Å². The van der Waals surface area contributed by atoms with Gasteiger partial charge in [0.1, 0.15) is 0 Å². The van der Waals surface area contributed by atoms with E-state index in [9.17, 15) is 13.2 Å². The maximum atomic E-state index is 13.2. The van der Waals surface area contributed by atoms with Gasteiger partial charge in [-0.2, -0.15) is 18.3 Å². The van der Waals surface area contributed by atoms with Crippen LogP contribution in [0.4, 0.5) is 13.2 Å². The van der Waals surface area contributed by atoms with Crippen LogP contribution in [-0.2, 0) is 12.7 Å². The summed E-state index contributed by atoms with van der Waals surface area (Å²) in [4.78, 5) is 0. The van der Waals surface area contributed by atoms with E-state index in [1.54, 1.807) is 12.1 Å². The highest BCUT2D eigenvalue weighted by atomic mass is 79.9. The van der Waals surface area contributed by atoms with Crippen molar-refractivity contribution in [1.82, 2.24) is 9.78 Å². The third kappa shape index (κ3) is 3.00.